The Balaban J connectivity index is 1.79. The number of hydrogen-bond donors (Lipinski definition) is 1. The van der Waals surface area contributed by atoms with Gasteiger partial charge in [0.25, 0.3) is 0 Å². The summed E-state index contributed by atoms with van der Waals surface area (Å²) in [4.78, 5) is 0. The third kappa shape index (κ3) is 8.58. The van der Waals surface area contributed by atoms with Gasteiger partial charge in [-0.3, -0.25) is 4.68 Å². The van der Waals surface area contributed by atoms with Gasteiger partial charge in [0.2, 0.25) is 0 Å². The lowest BCUT2D eigenvalue weighted by Gasteiger charge is -2.06. The Hall–Kier alpha value is -1.11. The average Bonchev–Trinajstić information content (AvgIpc) is 2.82. The van der Waals surface area contributed by atoms with Crippen LogP contribution < -0.4 is 5.73 Å². The normalized spacial score (nSPS) is 11.0. The Morgan fingerprint density at radius 1 is 1.05 bits per heavy atom. The van der Waals surface area contributed by atoms with Gasteiger partial charge in [0.15, 0.2) is 0 Å². The number of unbranched alkanes of at least 4 members (excludes halogenated alkanes) is 1. The second-order valence-electron chi connectivity index (χ2n) is 4.23. The number of nitrogen functional groups attached to an aromatic ring is 1. The van der Waals surface area contributed by atoms with Crippen LogP contribution >= 0.6 is 0 Å². The van der Waals surface area contributed by atoms with E-state index in [2.05, 4.69) is 12.0 Å². The van der Waals surface area contributed by atoms with E-state index in [1.807, 2.05) is 0 Å². The Labute approximate surface area is 114 Å². The summed E-state index contributed by atoms with van der Waals surface area (Å²) in [6.45, 7) is 6.76. The van der Waals surface area contributed by atoms with E-state index in [0.29, 0.717) is 45.3 Å². The highest BCUT2D eigenvalue weighted by Crippen LogP contribution is 1.97. The van der Waals surface area contributed by atoms with Crippen molar-refractivity contribution in [3.63, 3.8) is 0 Å². The van der Waals surface area contributed by atoms with Crippen LogP contribution in [0.15, 0.2) is 12.4 Å². The van der Waals surface area contributed by atoms with Crippen LogP contribution in [0.25, 0.3) is 0 Å². The molecule has 0 bridgehead atoms. The molecule has 2 N–H and O–H groups in total. The van der Waals surface area contributed by atoms with Gasteiger partial charge in [-0.25, -0.2) is 0 Å². The van der Waals surface area contributed by atoms with E-state index >= 15 is 0 Å². The molecule has 6 nitrogen and oxygen atoms in total. The minimum Gasteiger partial charge on any atom is -0.396 e. The Kier molecular flexibility index (Phi) is 9.05. The van der Waals surface area contributed by atoms with Gasteiger partial charge in [0.1, 0.15) is 0 Å². The molecule has 0 radical (unpaired) electrons. The first kappa shape index (κ1) is 15.9. The van der Waals surface area contributed by atoms with Gasteiger partial charge in [-0.1, -0.05) is 13.3 Å². The molecule has 0 aliphatic carbocycles. The highest BCUT2D eigenvalue weighted by atomic mass is 16.5. The topological polar surface area (TPSA) is 71.5 Å². The number of hydrogen-bond acceptors (Lipinski definition) is 5. The van der Waals surface area contributed by atoms with E-state index in [9.17, 15) is 0 Å². The zero-order chi connectivity index (χ0) is 13.8. The summed E-state index contributed by atoms with van der Waals surface area (Å²) in [6.07, 6.45) is 5.69. The molecular weight excluding hydrogens is 246 g/mol. The molecule has 0 aromatic carbocycles. The van der Waals surface area contributed by atoms with Crippen molar-refractivity contribution in [2.75, 3.05) is 45.4 Å². The molecule has 0 aliphatic rings. The van der Waals surface area contributed by atoms with E-state index in [1.54, 1.807) is 17.1 Å². The molecule has 19 heavy (non-hydrogen) atoms. The number of anilines is 1. The van der Waals surface area contributed by atoms with Crippen molar-refractivity contribution in [1.29, 1.82) is 0 Å². The first-order valence-electron chi connectivity index (χ1n) is 6.84. The van der Waals surface area contributed by atoms with Crippen LogP contribution in [0.4, 0.5) is 5.69 Å². The van der Waals surface area contributed by atoms with Crippen molar-refractivity contribution in [2.45, 2.75) is 26.3 Å². The molecule has 6 heteroatoms. The highest BCUT2D eigenvalue weighted by Gasteiger charge is 1.95. The summed E-state index contributed by atoms with van der Waals surface area (Å²) in [5.74, 6) is 0. The largest absolute Gasteiger partial charge is 0.396 e. The zero-order valence-electron chi connectivity index (χ0n) is 11.7. The van der Waals surface area contributed by atoms with Crippen molar-refractivity contribution in [1.82, 2.24) is 9.78 Å². The quantitative estimate of drug-likeness (QED) is 0.580. The molecule has 0 saturated carbocycles. The number of nitrogens with two attached hydrogens (primary N) is 1. The average molecular weight is 271 g/mol. The first-order chi connectivity index (χ1) is 9.33. The van der Waals surface area contributed by atoms with Gasteiger partial charge in [0, 0.05) is 12.8 Å². The van der Waals surface area contributed by atoms with Crippen LogP contribution in [0.3, 0.4) is 0 Å². The maximum Gasteiger partial charge on any atom is 0.0719 e. The minimum absolute atomic E-state index is 0.589. The van der Waals surface area contributed by atoms with E-state index in [0.717, 1.165) is 19.4 Å². The van der Waals surface area contributed by atoms with Gasteiger partial charge in [-0.05, 0) is 6.42 Å². The monoisotopic (exact) mass is 271 g/mol. The van der Waals surface area contributed by atoms with E-state index in [-0.39, 0.29) is 0 Å². The Morgan fingerprint density at radius 2 is 1.68 bits per heavy atom. The molecule has 0 spiro atoms. The summed E-state index contributed by atoms with van der Waals surface area (Å²) < 4.78 is 17.9. The van der Waals surface area contributed by atoms with Crippen LogP contribution in [-0.2, 0) is 20.8 Å². The molecule has 0 unspecified atom stereocenters. The van der Waals surface area contributed by atoms with Gasteiger partial charge in [0.05, 0.1) is 51.5 Å². The van der Waals surface area contributed by atoms with Crippen molar-refractivity contribution < 1.29 is 14.2 Å². The van der Waals surface area contributed by atoms with Gasteiger partial charge in [-0.2, -0.15) is 5.10 Å². The number of ether oxygens (including phenoxy) is 3. The summed E-state index contributed by atoms with van der Waals surface area (Å²) in [5.41, 5.74) is 6.22. The highest BCUT2D eigenvalue weighted by molar-refractivity contribution is 5.30. The SMILES string of the molecule is CCCCOCCOCCOCCn1cc(N)cn1. The first-order valence-corrected chi connectivity index (χ1v) is 6.84. The van der Waals surface area contributed by atoms with Gasteiger partial charge < -0.3 is 19.9 Å². The lowest BCUT2D eigenvalue weighted by atomic mass is 10.4. The van der Waals surface area contributed by atoms with Crippen molar-refractivity contribution in [3.05, 3.63) is 12.4 Å². The van der Waals surface area contributed by atoms with Crippen LogP contribution in [0.1, 0.15) is 19.8 Å². The molecule has 1 heterocycles. The minimum atomic E-state index is 0.589. The molecule has 0 atom stereocenters. The number of aromatic nitrogens is 2. The summed E-state index contributed by atoms with van der Waals surface area (Å²) in [5, 5.41) is 4.06. The maximum absolute atomic E-state index is 5.55. The van der Waals surface area contributed by atoms with Crippen LogP contribution in [0.5, 0.6) is 0 Å². The second-order valence-corrected chi connectivity index (χ2v) is 4.23. The molecule has 110 valence electrons. The van der Waals surface area contributed by atoms with E-state index in [1.165, 1.54) is 0 Å². The van der Waals surface area contributed by atoms with Crippen molar-refractivity contribution >= 4 is 5.69 Å². The summed E-state index contributed by atoms with van der Waals surface area (Å²) in [6, 6.07) is 0. The second kappa shape index (κ2) is 10.8. The number of rotatable bonds is 12. The molecule has 1 rings (SSSR count). The van der Waals surface area contributed by atoms with Crippen LogP contribution in [0, 0.1) is 0 Å². The molecule has 0 fully saturated rings. The van der Waals surface area contributed by atoms with Gasteiger partial charge in [-0.15, -0.1) is 0 Å². The standard InChI is InChI=1S/C13H25N3O3/c1-2-3-5-17-7-9-19-10-8-18-6-4-16-12-13(14)11-15-16/h11-12H,2-10,14H2,1H3. The van der Waals surface area contributed by atoms with E-state index < -0.39 is 0 Å². The lowest BCUT2D eigenvalue weighted by molar-refractivity contribution is 0.0123. The van der Waals surface area contributed by atoms with Crippen LogP contribution in [0.2, 0.25) is 0 Å². The Bertz CT molecular complexity index is 318. The smallest absolute Gasteiger partial charge is 0.0719 e. The Morgan fingerprint density at radius 3 is 2.26 bits per heavy atom. The molecule has 0 aliphatic heterocycles. The third-order valence-electron chi connectivity index (χ3n) is 2.50. The van der Waals surface area contributed by atoms with Crippen molar-refractivity contribution in [3.8, 4) is 0 Å². The maximum atomic E-state index is 5.55. The summed E-state index contributed by atoms with van der Waals surface area (Å²) >= 11 is 0. The van der Waals surface area contributed by atoms with Gasteiger partial charge >= 0.3 is 0 Å². The number of nitrogens with zero attached hydrogens (tertiary/aromatic N) is 2. The summed E-state index contributed by atoms with van der Waals surface area (Å²) in [7, 11) is 0. The molecule has 1 aromatic heterocycles. The molecule has 0 amide bonds. The fourth-order valence-corrected chi connectivity index (χ4v) is 1.45. The van der Waals surface area contributed by atoms with Crippen LogP contribution in [-0.4, -0.2) is 49.4 Å². The fourth-order valence-electron chi connectivity index (χ4n) is 1.45. The lowest BCUT2D eigenvalue weighted by Crippen LogP contribution is -2.12. The predicted octanol–water partition coefficient (Wildman–Crippen LogP) is 1.32. The molecular formula is C13H25N3O3. The molecule has 0 saturated heterocycles. The zero-order valence-corrected chi connectivity index (χ0v) is 11.7. The van der Waals surface area contributed by atoms with E-state index in [4.69, 9.17) is 19.9 Å². The third-order valence-corrected chi connectivity index (χ3v) is 2.50. The molecule has 1 aromatic rings. The fraction of sp³-hybridized carbons (Fsp3) is 0.769. The van der Waals surface area contributed by atoms with Crippen molar-refractivity contribution in [2.24, 2.45) is 0 Å². The predicted molar refractivity (Wildman–Crippen MR) is 74.0 cm³/mol.